The molecule has 0 fully saturated rings. The molecule has 0 saturated carbocycles. The van der Waals surface area contributed by atoms with E-state index < -0.39 is 0 Å². The molecule has 0 aliphatic rings. The molecule has 2 aromatic heterocycles. The first-order valence-corrected chi connectivity index (χ1v) is 7.28. The maximum absolute atomic E-state index is 5.48. The van der Waals surface area contributed by atoms with Gasteiger partial charge in [0.1, 0.15) is 9.88 Å². The summed E-state index contributed by atoms with van der Waals surface area (Å²) < 4.78 is 4.00. The highest BCUT2D eigenvalue weighted by atomic mass is 32.1. The van der Waals surface area contributed by atoms with E-state index in [4.69, 9.17) is 5.73 Å². The highest BCUT2D eigenvalue weighted by Gasteiger charge is 2.14. The third kappa shape index (κ3) is 3.05. The maximum Gasteiger partial charge on any atom is 0.161 e. The molecule has 0 aliphatic heterocycles. The minimum Gasteiger partial charge on any atom is -0.330 e. The Morgan fingerprint density at radius 2 is 2.06 bits per heavy atom. The van der Waals surface area contributed by atoms with Crippen molar-refractivity contribution < 1.29 is 0 Å². The second kappa shape index (κ2) is 6.13. The normalized spacial score (nSPS) is 10.9. The molecule has 0 saturated heterocycles. The van der Waals surface area contributed by atoms with E-state index in [1.807, 2.05) is 0 Å². The van der Waals surface area contributed by atoms with Gasteiger partial charge in [0.25, 0.3) is 0 Å². The van der Waals surface area contributed by atoms with Crippen molar-refractivity contribution in [3.05, 3.63) is 10.7 Å². The summed E-state index contributed by atoms with van der Waals surface area (Å²) in [6.45, 7) is 2.83. The van der Waals surface area contributed by atoms with Crippen LogP contribution in [0.1, 0.15) is 30.5 Å². The number of hydrogen-bond donors (Lipinski definition) is 1. The summed E-state index contributed by atoms with van der Waals surface area (Å²) in [6, 6.07) is 0. The Bertz CT molecular complexity index is 465. The van der Waals surface area contributed by atoms with Crippen molar-refractivity contribution >= 4 is 22.9 Å². The lowest BCUT2D eigenvalue weighted by Gasteiger charge is -1.93. The van der Waals surface area contributed by atoms with Gasteiger partial charge in [0, 0.05) is 6.42 Å². The lowest BCUT2D eigenvalue weighted by molar-refractivity contribution is 0.812. The SMILES string of the molecule is CCCc1nnsc1-c1nnc(CCCN)s1. The van der Waals surface area contributed by atoms with Crippen LogP contribution in [0, 0.1) is 0 Å². The quantitative estimate of drug-likeness (QED) is 0.866. The molecule has 17 heavy (non-hydrogen) atoms. The van der Waals surface area contributed by atoms with Gasteiger partial charge in [0.15, 0.2) is 5.01 Å². The molecule has 5 nitrogen and oxygen atoms in total. The summed E-state index contributed by atoms with van der Waals surface area (Å²) in [4.78, 5) is 1.07. The van der Waals surface area contributed by atoms with Crippen molar-refractivity contribution in [2.45, 2.75) is 32.6 Å². The van der Waals surface area contributed by atoms with Crippen LogP contribution in [0.4, 0.5) is 0 Å². The van der Waals surface area contributed by atoms with Gasteiger partial charge < -0.3 is 5.73 Å². The van der Waals surface area contributed by atoms with E-state index in [1.54, 1.807) is 11.3 Å². The molecular weight excluding hydrogens is 254 g/mol. The van der Waals surface area contributed by atoms with Crippen molar-refractivity contribution in [3.8, 4) is 9.88 Å². The van der Waals surface area contributed by atoms with Crippen molar-refractivity contribution in [1.29, 1.82) is 0 Å². The van der Waals surface area contributed by atoms with Gasteiger partial charge in [-0.2, -0.15) is 0 Å². The van der Waals surface area contributed by atoms with Crippen molar-refractivity contribution in [2.75, 3.05) is 6.54 Å². The van der Waals surface area contributed by atoms with Gasteiger partial charge in [0.05, 0.1) is 5.69 Å². The van der Waals surface area contributed by atoms with Crippen LogP contribution in [0.5, 0.6) is 0 Å². The van der Waals surface area contributed by atoms with Gasteiger partial charge in [0.2, 0.25) is 0 Å². The summed E-state index contributed by atoms with van der Waals surface area (Å²) in [6.07, 6.45) is 3.88. The number of aryl methyl sites for hydroxylation is 2. The van der Waals surface area contributed by atoms with Crippen LogP contribution in [0.15, 0.2) is 0 Å². The minimum absolute atomic E-state index is 0.693. The predicted octanol–water partition coefficient (Wildman–Crippen LogP) is 1.90. The Hall–Kier alpha value is -0.920. The largest absolute Gasteiger partial charge is 0.330 e. The molecule has 0 radical (unpaired) electrons. The first kappa shape index (κ1) is 12.5. The number of aromatic nitrogens is 4. The molecule has 0 unspecified atom stereocenters. The third-order valence-corrected chi connectivity index (χ3v) is 4.20. The van der Waals surface area contributed by atoms with Crippen LogP contribution in [0.25, 0.3) is 9.88 Å². The number of rotatable bonds is 6. The summed E-state index contributed by atoms with van der Waals surface area (Å²) in [7, 11) is 0. The second-order valence-corrected chi connectivity index (χ2v) is 5.51. The summed E-state index contributed by atoms with van der Waals surface area (Å²) >= 11 is 3.03. The highest BCUT2D eigenvalue weighted by molar-refractivity contribution is 7.19. The van der Waals surface area contributed by atoms with Crippen LogP contribution in [0.2, 0.25) is 0 Å². The molecule has 7 heteroatoms. The minimum atomic E-state index is 0.693. The van der Waals surface area contributed by atoms with Gasteiger partial charge in [-0.05, 0) is 30.9 Å². The fourth-order valence-electron chi connectivity index (χ4n) is 1.47. The Labute approximate surface area is 108 Å². The molecule has 2 aromatic rings. The molecule has 0 amide bonds. The molecular formula is C10H15N5S2. The molecule has 0 spiro atoms. The fourth-order valence-corrected chi connectivity index (χ4v) is 3.14. The van der Waals surface area contributed by atoms with E-state index in [0.29, 0.717) is 6.54 Å². The number of nitrogens with zero attached hydrogens (tertiary/aromatic N) is 4. The molecule has 2 N–H and O–H groups in total. The van der Waals surface area contributed by atoms with Gasteiger partial charge in [-0.25, -0.2) is 0 Å². The lowest BCUT2D eigenvalue weighted by Crippen LogP contribution is -1.99. The second-order valence-electron chi connectivity index (χ2n) is 3.69. The lowest BCUT2D eigenvalue weighted by atomic mass is 10.2. The van der Waals surface area contributed by atoms with Crippen molar-refractivity contribution in [2.24, 2.45) is 5.73 Å². The van der Waals surface area contributed by atoms with Crippen LogP contribution >= 0.6 is 22.9 Å². The summed E-state index contributed by atoms with van der Waals surface area (Å²) in [5, 5.41) is 14.5. The molecule has 0 aliphatic carbocycles. The maximum atomic E-state index is 5.48. The van der Waals surface area contributed by atoms with E-state index in [9.17, 15) is 0 Å². The van der Waals surface area contributed by atoms with E-state index in [2.05, 4.69) is 26.7 Å². The highest BCUT2D eigenvalue weighted by Crippen LogP contribution is 2.29. The van der Waals surface area contributed by atoms with Crippen LogP contribution in [-0.4, -0.2) is 26.3 Å². The molecule has 0 aromatic carbocycles. The smallest absolute Gasteiger partial charge is 0.161 e. The Morgan fingerprint density at radius 3 is 2.82 bits per heavy atom. The van der Waals surface area contributed by atoms with Crippen LogP contribution in [-0.2, 0) is 12.8 Å². The van der Waals surface area contributed by atoms with E-state index >= 15 is 0 Å². The Morgan fingerprint density at radius 1 is 1.18 bits per heavy atom. The molecule has 0 atom stereocenters. The van der Waals surface area contributed by atoms with Gasteiger partial charge >= 0.3 is 0 Å². The van der Waals surface area contributed by atoms with Gasteiger partial charge in [-0.3, -0.25) is 0 Å². The summed E-state index contributed by atoms with van der Waals surface area (Å²) in [5.41, 5.74) is 6.52. The fraction of sp³-hybridized carbons (Fsp3) is 0.600. The zero-order valence-corrected chi connectivity index (χ0v) is 11.4. The third-order valence-electron chi connectivity index (χ3n) is 2.30. The monoisotopic (exact) mass is 269 g/mol. The Kier molecular flexibility index (Phi) is 4.52. The van der Waals surface area contributed by atoms with Gasteiger partial charge in [-0.15, -0.1) is 15.3 Å². The first-order chi connectivity index (χ1) is 8.35. The summed E-state index contributed by atoms with van der Waals surface area (Å²) in [5.74, 6) is 0. The topological polar surface area (TPSA) is 77.6 Å². The van der Waals surface area contributed by atoms with Crippen molar-refractivity contribution in [3.63, 3.8) is 0 Å². The molecule has 0 bridgehead atoms. The standard InChI is InChI=1S/C10H15N5S2/c1-2-4-7-9(17-15-12-7)10-14-13-8(16-10)5-3-6-11/h2-6,11H2,1H3. The molecule has 92 valence electrons. The van der Waals surface area contributed by atoms with E-state index in [0.717, 1.165) is 46.3 Å². The van der Waals surface area contributed by atoms with E-state index in [-0.39, 0.29) is 0 Å². The zero-order valence-electron chi connectivity index (χ0n) is 9.72. The molecule has 2 heterocycles. The number of hydrogen-bond acceptors (Lipinski definition) is 7. The van der Waals surface area contributed by atoms with Gasteiger partial charge in [-0.1, -0.05) is 29.2 Å². The average Bonchev–Trinajstić information content (AvgIpc) is 2.95. The van der Waals surface area contributed by atoms with Crippen LogP contribution in [0.3, 0.4) is 0 Å². The first-order valence-electron chi connectivity index (χ1n) is 5.69. The van der Waals surface area contributed by atoms with E-state index in [1.165, 1.54) is 11.5 Å². The zero-order chi connectivity index (χ0) is 12.1. The average molecular weight is 269 g/mol. The van der Waals surface area contributed by atoms with Crippen LogP contribution < -0.4 is 5.73 Å². The molecule has 2 rings (SSSR count). The predicted molar refractivity (Wildman–Crippen MR) is 70.2 cm³/mol. The number of nitrogens with two attached hydrogens (primary N) is 1. The van der Waals surface area contributed by atoms with Crippen molar-refractivity contribution in [1.82, 2.24) is 19.8 Å². The Balaban J connectivity index is 2.15.